The average Bonchev–Trinajstić information content (AvgIpc) is 3.08. The molecule has 0 bridgehead atoms. The number of H-pyrrole nitrogens is 1. The van der Waals surface area contributed by atoms with E-state index in [0.29, 0.717) is 19.5 Å². The molecule has 1 atom stereocenters. The Morgan fingerprint density at radius 3 is 2.77 bits per heavy atom. The van der Waals surface area contributed by atoms with Gasteiger partial charge in [0.15, 0.2) is 0 Å². The van der Waals surface area contributed by atoms with E-state index in [9.17, 15) is 8.42 Å². The van der Waals surface area contributed by atoms with Crippen molar-refractivity contribution >= 4 is 10.0 Å². The van der Waals surface area contributed by atoms with E-state index in [1.165, 1.54) is 10.6 Å². The van der Waals surface area contributed by atoms with Crippen LogP contribution in [0.4, 0.5) is 0 Å². The van der Waals surface area contributed by atoms with Gasteiger partial charge < -0.3 is 0 Å². The van der Waals surface area contributed by atoms with Crippen molar-refractivity contribution in [3.8, 4) is 11.4 Å². The van der Waals surface area contributed by atoms with Crippen LogP contribution in [0.25, 0.3) is 11.4 Å². The molecule has 3 rings (SSSR count). The number of hydrogen-bond donors (Lipinski definition) is 1. The molecule has 1 N–H and O–H groups in total. The first-order chi connectivity index (χ1) is 10.4. The van der Waals surface area contributed by atoms with Crippen LogP contribution in [0.2, 0.25) is 0 Å². The minimum absolute atomic E-state index is 0.269. The van der Waals surface area contributed by atoms with Crippen molar-refractivity contribution < 1.29 is 8.42 Å². The largest absolute Gasteiger partial charge is 0.282 e. The van der Waals surface area contributed by atoms with Crippen LogP contribution in [-0.4, -0.2) is 52.2 Å². The van der Waals surface area contributed by atoms with E-state index < -0.39 is 10.0 Å². The molecule has 118 valence electrons. The Hall–Kier alpha value is -1.80. The van der Waals surface area contributed by atoms with E-state index in [4.69, 9.17) is 0 Å². The van der Waals surface area contributed by atoms with E-state index in [0.717, 1.165) is 29.2 Å². The zero-order valence-electron chi connectivity index (χ0n) is 12.7. The summed E-state index contributed by atoms with van der Waals surface area (Å²) in [4.78, 5) is 8.83. The maximum atomic E-state index is 11.6. The highest BCUT2D eigenvalue weighted by atomic mass is 32.2. The third-order valence-electron chi connectivity index (χ3n) is 3.92. The summed E-state index contributed by atoms with van der Waals surface area (Å²) < 4.78 is 24.7. The molecule has 3 heterocycles. The second-order valence-electron chi connectivity index (χ2n) is 5.77. The first-order valence-electron chi connectivity index (χ1n) is 7.21. The van der Waals surface area contributed by atoms with Gasteiger partial charge in [0.2, 0.25) is 10.0 Å². The highest BCUT2D eigenvalue weighted by Crippen LogP contribution is 2.26. The molecule has 0 amide bonds. The summed E-state index contributed by atoms with van der Waals surface area (Å²) in [6.07, 6.45) is 6.14. The van der Waals surface area contributed by atoms with E-state index >= 15 is 0 Å². The van der Waals surface area contributed by atoms with Crippen LogP contribution < -0.4 is 0 Å². The number of nitrogens with zero attached hydrogens (tertiary/aromatic N) is 4. The zero-order valence-corrected chi connectivity index (χ0v) is 13.5. The van der Waals surface area contributed by atoms with E-state index in [2.05, 4.69) is 20.2 Å². The summed E-state index contributed by atoms with van der Waals surface area (Å²) in [6, 6.07) is 1.94. The molecule has 2 aromatic rings. The minimum Gasteiger partial charge on any atom is -0.282 e. The molecule has 22 heavy (non-hydrogen) atoms. The number of aromatic nitrogens is 4. The standard InChI is InChI=1S/C14H19N5O2S/c1-10-7-13(18-17-10)14-12(15-4-5-16-14)8-11-3-6-19(9-11)22(2,20)21/h4-5,7,11H,3,6,8-9H2,1-2H3,(H,17,18)/t11-/m1/s1. The molecule has 1 aliphatic rings. The Balaban J connectivity index is 1.80. The van der Waals surface area contributed by atoms with Gasteiger partial charge in [-0.1, -0.05) is 0 Å². The van der Waals surface area contributed by atoms with Gasteiger partial charge in [0.05, 0.1) is 11.9 Å². The Labute approximate surface area is 129 Å². The first-order valence-corrected chi connectivity index (χ1v) is 9.05. The lowest BCUT2D eigenvalue weighted by Gasteiger charge is -2.13. The summed E-state index contributed by atoms with van der Waals surface area (Å²) in [5, 5.41) is 7.15. The molecule has 1 saturated heterocycles. The number of sulfonamides is 1. The normalized spacial score (nSPS) is 19.6. The summed E-state index contributed by atoms with van der Waals surface area (Å²) in [5.41, 5.74) is 3.38. The average molecular weight is 321 g/mol. The maximum Gasteiger partial charge on any atom is 0.211 e. The fraction of sp³-hybridized carbons (Fsp3) is 0.500. The predicted molar refractivity (Wildman–Crippen MR) is 82.6 cm³/mol. The zero-order chi connectivity index (χ0) is 15.7. The molecule has 1 aliphatic heterocycles. The van der Waals surface area contributed by atoms with Gasteiger partial charge in [-0.3, -0.25) is 15.1 Å². The van der Waals surface area contributed by atoms with Gasteiger partial charge >= 0.3 is 0 Å². The first kappa shape index (κ1) is 15.1. The summed E-state index contributed by atoms with van der Waals surface area (Å²) >= 11 is 0. The number of hydrogen-bond acceptors (Lipinski definition) is 5. The molecule has 7 nitrogen and oxygen atoms in total. The molecule has 0 aliphatic carbocycles. The molecule has 1 fully saturated rings. The van der Waals surface area contributed by atoms with Crippen LogP contribution in [0.5, 0.6) is 0 Å². The van der Waals surface area contributed by atoms with E-state index in [-0.39, 0.29) is 5.92 Å². The van der Waals surface area contributed by atoms with Gasteiger partial charge in [0.25, 0.3) is 0 Å². The van der Waals surface area contributed by atoms with Crippen LogP contribution in [0, 0.1) is 12.8 Å². The number of nitrogens with one attached hydrogen (secondary N) is 1. The molecule has 0 unspecified atom stereocenters. The van der Waals surface area contributed by atoms with Gasteiger partial charge in [-0.05, 0) is 31.7 Å². The third kappa shape index (κ3) is 3.17. The van der Waals surface area contributed by atoms with Crippen LogP contribution in [-0.2, 0) is 16.4 Å². The summed E-state index contributed by atoms with van der Waals surface area (Å²) in [7, 11) is -3.11. The van der Waals surface area contributed by atoms with Crippen molar-refractivity contribution in [3.05, 3.63) is 29.8 Å². The minimum atomic E-state index is -3.11. The third-order valence-corrected chi connectivity index (χ3v) is 5.19. The van der Waals surface area contributed by atoms with Crippen molar-refractivity contribution in [1.29, 1.82) is 0 Å². The Morgan fingerprint density at radius 2 is 2.14 bits per heavy atom. The second kappa shape index (κ2) is 5.77. The number of aromatic amines is 1. The lowest BCUT2D eigenvalue weighted by atomic mass is 10.0. The topological polar surface area (TPSA) is 91.8 Å². The van der Waals surface area contributed by atoms with E-state index in [1.807, 2.05) is 13.0 Å². The van der Waals surface area contributed by atoms with Crippen molar-refractivity contribution in [2.45, 2.75) is 19.8 Å². The van der Waals surface area contributed by atoms with Crippen molar-refractivity contribution in [2.75, 3.05) is 19.3 Å². The van der Waals surface area contributed by atoms with Gasteiger partial charge in [-0.2, -0.15) is 5.10 Å². The van der Waals surface area contributed by atoms with Gasteiger partial charge in [-0.25, -0.2) is 12.7 Å². The molecule has 2 aromatic heterocycles. The lowest BCUT2D eigenvalue weighted by Crippen LogP contribution is -2.27. The quantitative estimate of drug-likeness (QED) is 0.907. The fourth-order valence-electron chi connectivity index (χ4n) is 2.81. The smallest absolute Gasteiger partial charge is 0.211 e. The molecule has 0 aromatic carbocycles. The maximum absolute atomic E-state index is 11.6. The number of aryl methyl sites for hydroxylation is 1. The summed E-state index contributed by atoms with van der Waals surface area (Å²) in [5.74, 6) is 0.269. The monoisotopic (exact) mass is 321 g/mol. The molecular weight excluding hydrogens is 302 g/mol. The molecule has 0 radical (unpaired) electrons. The Bertz CT molecular complexity index is 771. The summed E-state index contributed by atoms with van der Waals surface area (Å²) in [6.45, 7) is 3.07. The van der Waals surface area contributed by atoms with Gasteiger partial charge in [0.1, 0.15) is 11.4 Å². The van der Waals surface area contributed by atoms with Crippen LogP contribution in [0.1, 0.15) is 17.8 Å². The number of rotatable bonds is 4. The highest BCUT2D eigenvalue weighted by molar-refractivity contribution is 7.88. The van der Waals surface area contributed by atoms with Crippen LogP contribution >= 0.6 is 0 Å². The second-order valence-corrected chi connectivity index (χ2v) is 7.75. The molecule has 8 heteroatoms. The molecule has 0 spiro atoms. The van der Waals surface area contributed by atoms with Crippen molar-refractivity contribution in [2.24, 2.45) is 5.92 Å². The molecule has 0 saturated carbocycles. The van der Waals surface area contributed by atoms with Crippen LogP contribution in [0.3, 0.4) is 0 Å². The van der Waals surface area contributed by atoms with Gasteiger partial charge in [-0.15, -0.1) is 0 Å². The SMILES string of the molecule is Cc1cc(-c2nccnc2C[C@H]2CCN(S(C)(=O)=O)C2)n[nH]1. The highest BCUT2D eigenvalue weighted by Gasteiger charge is 2.29. The fourth-order valence-corrected chi connectivity index (χ4v) is 3.73. The Morgan fingerprint density at radius 1 is 1.36 bits per heavy atom. The lowest BCUT2D eigenvalue weighted by molar-refractivity contribution is 0.459. The van der Waals surface area contributed by atoms with Crippen LogP contribution in [0.15, 0.2) is 18.5 Å². The van der Waals surface area contributed by atoms with E-state index in [1.54, 1.807) is 12.4 Å². The predicted octanol–water partition coefficient (Wildman–Crippen LogP) is 0.999. The Kier molecular flexibility index (Phi) is 3.96. The van der Waals surface area contributed by atoms with Crippen molar-refractivity contribution in [1.82, 2.24) is 24.5 Å². The van der Waals surface area contributed by atoms with Gasteiger partial charge in [0, 0.05) is 31.2 Å². The van der Waals surface area contributed by atoms with Crippen molar-refractivity contribution in [3.63, 3.8) is 0 Å². The molecular formula is C14H19N5O2S.